The van der Waals surface area contributed by atoms with Gasteiger partial charge in [0.1, 0.15) is 12.2 Å². The third-order valence-electron chi connectivity index (χ3n) is 8.60. The summed E-state index contributed by atoms with van der Waals surface area (Å²) < 4.78 is 55.3. The summed E-state index contributed by atoms with van der Waals surface area (Å²) in [5, 5.41) is 11.7. The number of carbonyl (C=O) groups excluding carboxylic acids is 1. The number of hydrogen-bond acceptors (Lipinski definition) is 6. The van der Waals surface area contributed by atoms with Crippen LogP contribution in [0, 0.1) is 17.8 Å². The number of rotatable bonds is 7. The van der Waals surface area contributed by atoms with Crippen LogP contribution in [0.25, 0.3) is 0 Å². The molecule has 3 aromatic rings. The van der Waals surface area contributed by atoms with Crippen LogP contribution in [0.15, 0.2) is 42.7 Å². The molecular formula is C28H28F3N5O3. The molecule has 3 fully saturated rings. The highest BCUT2D eigenvalue weighted by atomic mass is 19.4. The van der Waals surface area contributed by atoms with Crippen LogP contribution in [0.2, 0.25) is 0 Å². The van der Waals surface area contributed by atoms with Gasteiger partial charge in [-0.1, -0.05) is 12.1 Å². The molecule has 2 unspecified atom stereocenters. The fourth-order valence-electron chi connectivity index (χ4n) is 6.35. The quantitative estimate of drug-likeness (QED) is 0.495. The number of alkyl halides is 3. The summed E-state index contributed by atoms with van der Waals surface area (Å²) >= 11 is 0. The van der Waals surface area contributed by atoms with Crippen LogP contribution >= 0.6 is 0 Å². The monoisotopic (exact) mass is 539 g/mol. The van der Waals surface area contributed by atoms with Gasteiger partial charge in [0.2, 0.25) is 0 Å². The minimum absolute atomic E-state index is 0.0237. The molecule has 1 aromatic heterocycles. The maximum Gasteiger partial charge on any atom is 0.416 e. The van der Waals surface area contributed by atoms with E-state index in [9.17, 15) is 18.0 Å². The Morgan fingerprint density at radius 2 is 1.87 bits per heavy atom. The Kier molecular flexibility index (Phi) is 5.80. The highest BCUT2D eigenvalue weighted by molar-refractivity contribution is 6.10. The summed E-state index contributed by atoms with van der Waals surface area (Å²) in [7, 11) is 1.88. The molecule has 7 rings (SSSR count). The molecule has 1 aliphatic carbocycles. The summed E-state index contributed by atoms with van der Waals surface area (Å²) in [4.78, 5) is 15.0. The lowest BCUT2D eigenvalue weighted by Crippen LogP contribution is -2.35. The molecule has 39 heavy (non-hydrogen) atoms. The first-order valence-corrected chi connectivity index (χ1v) is 13.2. The zero-order valence-electron chi connectivity index (χ0n) is 21.3. The lowest BCUT2D eigenvalue weighted by molar-refractivity contribution is -0.138. The first-order valence-electron chi connectivity index (χ1n) is 13.2. The third kappa shape index (κ3) is 4.23. The van der Waals surface area contributed by atoms with Gasteiger partial charge in [-0.15, -0.1) is 10.2 Å². The van der Waals surface area contributed by atoms with Crippen LogP contribution in [0.3, 0.4) is 0 Å². The van der Waals surface area contributed by atoms with Crippen LogP contribution in [-0.2, 0) is 35.8 Å². The van der Waals surface area contributed by atoms with Crippen LogP contribution in [-0.4, -0.2) is 53.1 Å². The van der Waals surface area contributed by atoms with Crippen molar-refractivity contribution in [2.24, 2.45) is 24.8 Å². The number of benzene rings is 2. The number of aromatic nitrogens is 3. The van der Waals surface area contributed by atoms with Crippen molar-refractivity contribution in [3.63, 3.8) is 0 Å². The predicted molar refractivity (Wildman–Crippen MR) is 134 cm³/mol. The Morgan fingerprint density at radius 1 is 1.10 bits per heavy atom. The van der Waals surface area contributed by atoms with Crippen molar-refractivity contribution in [2.45, 2.75) is 31.2 Å². The van der Waals surface area contributed by atoms with Gasteiger partial charge >= 0.3 is 6.18 Å². The molecule has 8 nitrogen and oxygen atoms in total. The van der Waals surface area contributed by atoms with E-state index in [0.29, 0.717) is 49.5 Å². The van der Waals surface area contributed by atoms with Gasteiger partial charge in [-0.2, -0.15) is 13.2 Å². The second kappa shape index (κ2) is 9.14. The molecule has 4 atom stereocenters. The van der Waals surface area contributed by atoms with Crippen LogP contribution in [0.5, 0.6) is 0 Å². The van der Waals surface area contributed by atoms with E-state index in [1.54, 1.807) is 18.5 Å². The lowest BCUT2D eigenvalue weighted by Gasteiger charge is -2.33. The molecule has 4 heterocycles. The molecule has 0 spiro atoms. The van der Waals surface area contributed by atoms with Gasteiger partial charge in [0, 0.05) is 48.6 Å². The minimum Gasteiger partial charge on any atom is -0.381 e. The van der Waals surface area contributed by atoms with Gasteiger partial charge in [0.05, 0.1) is 44.5 Å². The Hall–Kier alpha value is -3.28. The summed E-state index contributed by atoms with van der Waals surface area (Å²) in [5.74, 6) is 1.30. The number of ether oxygens (including phenoxy) is 2. The van der Waals surface area contributed by atoms with Gasteiger partial charge in [0.15, 0.2) is 0 Å². The number of amides is 1. The first-order chi connectivity index (χ1) is 18.8. The van der Waals surface area contributed by atoms with E-state index in [2.05, 4.69) is 15.5 Å². The molecule has 2 saturated heterocycles. The largest absolute Gasteiger partial charge is 0.416 e. The van der Waals surface area contributed by atoms with Gasteiger partial charge in [-0.05, 0) is 41.0 Å². The molecular weight excluding hydrogens is 511 g/mol. The van der Waals surface area contributed by atoms with Gasteiger partial charge < -0.3 is 24.3 Å². The second-order valence-electron chi connectivity index (χ2n) is 11.0. The highest BCUT2D eigenvalue weighted by Gasteiger charge is 2.53. The summed E-state index contributed by atoms with van der Waals surface area (Å²) in [6.07, 6.45) is -2.93. The maximum absolute atomic E-state index is 14.2. The van der Waals surface area contributed by atoms with Gasteiger partial charge in [-0.3, -0.25) is 4.79 Å². The summed E-state index contributed by atoms with van der Waals surface area (Å²) in [6.45, 7) is 2.69. The normalized spacial score (nSPS) is 25.0. The number of carbonyl (C=O) groups is 1. The van der Waals surface area contributed by atoms with Crippen LogP contribution < -0.4 is 10.2 Å². The predicted octanol–water partition coefficient (Wildman–Crippen LogP) is 3.51. The molecule has 204 valence electrons. The molecule has 0 radical (unpaired) electrons. The standard InChI is InChI=1S/C28H28F3N5O3/c1-35-14-33-34-26(35)24(17-10-38-11-17)16-3-2-4-18(7-16)36-9-20-19(27(36)37)5-15(6-23(20)28(29,30)31)8-32-25-21-12-39-13-22(21)25/h2-7,14,17,21-22,24-25,32H,8-13H2,1H3/t21-,22+,24?,25?. The number of nitrogens with one attached hydrogen (secondary N) is 1. The minimum atomic E-state index is -4.57. The van der Waals surface area contributed by atoms with E-state index in [1.807, 2.05) is 29.8 Å². The van der Waals surface area contributed by atoms with Crippen LogP contribution in [0.4, 0.5) is 18.9 Å². The highest BCUT2D eigenvalue weighted by Crippen LogP contribution is 2.45. The van der Waals surface area contributed by atoms with Crippen molar-refractivity contribution in [3.8, 4) is 0 Å². The Bertz CT molecular complexity index is 1430. The van der Waals surface area contributed by atoms with E-state index in [0.717, 1.165) is 11.4 Å². The number of anilines is 1. The molecule has 4 aliphatic rings. The number of hydrogen-bond donors (Lipinski definition) is 1. The number of fused-ring (bicyclic) bond motifs is 2. The fraction of sp³-hybridized carbons (Fsp3) is 0.464. The molecule has 1 saturated carbocycles. The Labute approximate surface area is 223 Å². The summed E-state index contributed by atoms with van der Waals surface area (Å²) in [6, 6.07) is 10.5. The molecule has 1 amide bonds. The SMILES string of the molecule is Cn1cnnc1C(c1cccc(N2Cc3c(cc(CNC4[C@H]5COC[C@@H]45)cc3C(F)(F)F)C2=O)c1)C1COC1. The molecule has 1 N–H and O–H groups in total. The fourth-order valence-corrected chi connectivity index (χ4v) is 6.35. The Morgan fingerprint density at radius 3 is 2.54 bits per heavy atom. The smallest absolute Gasteiger partial charge is 0.381 e. The second-order valence-corrected chi connectivity index (χ2v) is 11.0. The van der Waals surface area contributed by atoms with Gasteiger partial charge in [0.25, 0.3) is 5.91 Å². The zero-order valence-corrected chi connectivity index (χ0v) is 21.3. The molecule has 0 bridgehead atoms. The Balaban J connectivity index is 1.19. The van der Waals surface area contributed by atoms with Crippen molar-refractivity contribution in [3.05, 3.63) is 76.4 Å². The van der Waals surface area contributed by atoms with Gasteiger partial charge in [-0.25, -0.2) is 0 Å². The number of aryl methyl sites for hydroxylation is 1. The van der Waals surface area contributed by atoms with Crippen molar-refractivity contribution in [1.82, 2.24) is 20.1 Å². The van der Waals surface area contributed by atoms with Crippen molar-refractivity contribution in [2.75, 3.05) is 31.3 Å². The number of halogens is 3. The zero-order chi connectivity index (χ0) is 26.9. The first kappa shape index (κ1) is 24.7. The lowest BCUT2D eigenvalue weighted by atomic mass is 9.83. The van der Waals surface area contributed by atoms with Crippen molar-refractivity contribution in [1.29, 1.82) is 0 Å². The molecule has 11 heteroatoms. The van der Waals surface area contributed by atoms with E-state index in [1.165, 1.54) is 11.0 Å². The molecule has 2 aromatic carbocycles. The van der Waals surface area contributed by atoms with Crippen molar-refractivity contribution >= 4 is 11.6 Å². The third-order valence-corrected chi connectivity index (χ3v) is 8.60. The van der Waals surface area contributed by atoms with Crippen LogP contribution in [0.1, 0.15) is 44.4 Å². The molecule has 3 aliphatic heterocycles. The van der Waals surface area contributed by atoms with E-state index < -0.39 is 17.6 Å². The average Bonchev–Trinajstić information content (AvgIpc) is 3.26. The van der Waals surface area contributed by atoms with E-state index in [-0.39, 0.29) is 42.1 Å². The van der Waals surface area contributed by atoms with E-state index in [4.69, 9.17) is 9.47 Å². The van der Waals surface area contributed by atoms with E-state index >= 15 is 0 Å². The topological polar surface area (TPSA) is 81.5 Å². The van der Waals surface area contributed by atoms with Crippen molar-refractivity contribution < 1.29 is 27.4 Å². The maximum atomic E-state index is 14.2. The summed E-state index contributed by atoms with van der Waals surface area (Å²) in [5.41, 5.74) is 1.33. The number of nitrogens with zero attached hydrogens (tertiary/aromatic N) is 4. The average molecular weight is 540 g/mol.